The molecule has 0 aromatic heterocycles. The smallest absolute Gasteiger partial charge is 0.319 e. The van der Waals surface area contributed by atoms with Crippen LogP contribution in [0.2, 0.25) is 5.02 Å². The first-order valence-electron chi connectivity index (χ1n) is 10.6. The Morgan fingerprint density at radius 2 is 1.80 bits per heavy atom. The highest BCUT2D eigenvalue weighted by atomic mass is 35.5. The fourth-order valence-corrected chi connectivity index (χ4v) is 4.20. The third-order valence-corrected chi connectivity index (χ3v) is 6.03. The quantitative estimate of drug-likeness (QED) is 0.714. The number of halogens is 1. The summed E-state index contributed by atoms with van der Waals surface area (Å²) in [5, 5.41) is 6.26. The summed E-state index contributed by atoms with van der Waals surface area (Å²) >= 11 is 6.07. The Hall–Kier alpha value is -2.44. The largest absolute Gasteiger partial charge is 0.486 e. The molecule has 0 saturated carbocycles. The summed E-state index contributed by atoms with van der Waals surface area (Å²) in [4.78, 5) is 14.5. The van der Waals surface area contributed by atoms with Gasteiger partial charge in [0.05, 0.1) is 10.7 Å². The highest BCUT2D eigenvalue weighted by Crippen LogP contribution is 2.31. The maximum atomic E-state index is 12.1. The Morgan fingerprint density at radius 3 is 2.60 bits per heavy atom. The summed E-state index contributed by atoms with van der Waals surface area (Å²) in [7, 11) is 0. The fraction of sp³-hybridized carbons (Fsp3) is 0.435. The van der Waals surface area contributed by atoms with Crippen molar-refractivity contribution in [2.24, 2.45) is 5.92 Å². The van der Waals surface area contributed by atoms with Gasteiger partial charge in [-0.1, -0.05) is 35.9 Å². The second-order valence-electron chi connectivity index (χ2n) is 7.89. The van der Waals surface area contributed by atoms with E-state index in [4.69, 9.17) is 21.1 Å². The molecular formula is C23H28ClN3O3. The molecule has 7 heteroatoms. The lowest BCUT2D eigenvalue weighted by molar-refractivity contribution is 0.0473. The van der Waals surface area contributed by atoms with Crippen LogP contribution in [0, 0.1) is 5.92 Å². The molecular weight excluding hydrogens is 402 g/mol. The summed E-state index contributed by atoms with van der Waals surface area (Å²) in [6.07, 6.45) is 3.34. The van der Waals surface area contributed by atoms with Crippen LogP contribution in [0.1, 0.15) is 19.3 Å². The predicted octanol–water partition coefficient (Wildman–Crippen LogP) is 4.40. The van der Waals surface area contributed by atoms with Gasteiger partial charge in [0.1, 0.15) is 12.7 Å². The van der Waals surface area contributed by atoms with Crippen LogP contribution >= 0.6 is 11.6 Å². The average Bonchev–Trinajstić information content (AvgIpc) is 2.76. The van der Waals surface area contributed by atoms with E-state index in [1.165, 1.54) is 0 Å². The van der Waals surface area contributed by atoms with E-state index in [1.54, 1.807) is 12.1 Å². The number of anilines is 1. The molecule has 2 N–H and O–H groups in total. The molecule has 160 valence electrons. The van der Waals surface area contributed by atoms with Gasteiger partial charge >= 0.3 is 6.03 Å². The van der Waals surface area contributed by atoms with Gasteiger partial charge in [-0.25, -0.2) is 4.79 Å². The van der Waals surface area contributed by atoms with Crippen molar-refractivity contribution in [2.45, 2.75) is 25.4 Å². The van der Waals surface area contributed by atoms with Gasteiger partial charge < -0.3 is 20.1 Å². The van der Waals surface area contributed by atoms with Gasteiger partial charge in [0.15, 0.2) is 11.5 Å². The van der Waals surface area contributed by atoms with Crippen molar-refractivity contribution in [3.63, 3.8) is 0 Å². The number of carbonyl (C=O) groups excluding carboxylic acids is 1. The zero-order valence-electron chi connectivity index (χ0n) is 17.0. The first-order chi connectivity index (χ1) is 14.7. The van der Waals surface area contributed by atoms with Crippen molar-refractivity contribution >= 4 is 23.3 Å². The molecule has 2 aliphatic rings. The fourth-order valence-electron chi connectivity index (χ4n) is 4.02. The number of hydrogen-bond acceptors (Lipinski definition) is 4. The molecule has 1 fully saturated rings. The molecule has 0 radical (unpaired) electrons. The van der Waals surface area contributed by atoms with Crippen LogP contribution in [-0.2, 0) is 0 Å². The van der Waals surface area contributed by atoms with Crippen LogP contribution in [0.4, 0.5) is 10.5 Å². The number of piperidine rings is 1. The zero-order valence-corrected chi connectivity index (χ0v) is 17.7. The van der Waals surface area contributed by atoms with Crippen LogP contribution in [0.5, 0.6) is 11.5 Å². The molecule has 0 spiro atoms. The first-order valence-corrected chi connectivity index (χ1v) is 11.0. The number of urea groups is 1. The van der Waals surface area contributed by atoms with Gasteiger partial charge in [0.25, 0.3) is 0 Å². The number of para-hydroxylation sites is 3. The van der Waals surface area contributed by atoms with Crippen LogP contribution in [0.3, 0.4) is 0 Å². The Balaban J connectivity index is 1.13. The molecule has 1 atom stereocenters. The Kier molecular flexibility index (Phi) is 6.97. The van der Waals surface area contributed by atoms with Gasteiger partial charge in [-0.3, -0.25) is 4.90 Å². The van der Waals surface area contributed by atoms with Crippen molar-refractivity contribution < 1.29 is 14.3 Å². The minimum Gasteiger partial charge on any atom is -0.486 e. The van der Waals surface area contributed by atoms with E-state index >= 15 is 0 Å². The summed E-state index contributed by atoms with van der Waals surface area (Å²) in [6.45, 7) is 4.26. The number of likely N-dealkylation sites (tertiary alicyclic amines) is 1. The number of hydrogen-bond donors (Lipinski definition) is 2. The van der Waals surface area contributed by atoms with Crippen molar-refractivity contribution in [3.05, 3.63) is 53.6 Å². The average molecular weight is 430 g/mol. The molecule has 2 heterocycles. The zero-order chi connectivity index (χ0) is 20.8. The standard InChI is InChI=1S/C23H28ClN3O3/c24-19-5-1-2-6-20(19)26-23(28)25-12-9-17-10-13-27(14-11-17)15-18-16-29-21-7-3-4-8-22(21)30-18/h1-8,17-18H,9-16H2,(H2,25,26,28). The van der Waals surface area contributed by atoms with Gasteiger partial charge in [-0.15, -0.1) is 0 Å². The Morgan fingerprint density at radius 1 is 1.07 bits per heavy atom. The second kappa shape index (κ2) is 10.0. The van der Waals surface area contributed by atoms with Crippen LogP contribution < -0.4 is 20.1 Å². The van der Waals surface area contributed by atoms with E-state index in [1.807, 2.05) is 36.4 Å². The number of nitrogens with one attached hydrogen (secondary N) is 2. The van der Waals surface area contributed by atoms with E-state index in [9.17, 15) is 4.79 Å². The number of fused-ring (bicyclic) bond motifs is 1. The minimum absolute atomic E-state index is 0.0756. The highest BCUT2D eigenvalue weighted by molar-refractivity contribution is 6.33. The summed E-state index contributed by atoms with van der Waals surface area (Å²) in [6, 6.07) is 14.9. The number of amides is 2. The van der Waals surface area contributed by atoms with Crippen molar-refractivity contribution in [3.8, 4) is 11.5 Å². The lowest BCUT2D eigenvalue weighted by atomic mass is 9.93. The molecule has 6 nitrogen and oxygen atoms in total. The first kappa shape index (κ1) is 20.8. The van der Waals surface area contributed by atoms with E-state index in [0.29, 0.717) is 29.8 Å². The van der Waals surface area contributed by atoms with Gasteiger partial charge in [0.2, 0.25) is 0 Å². The van der Waals surface area contributed by atoms with Crippen molar-refractivity contribution in [1.29, 1.82) is 0 Å². The molecule has 2 amide bonds. The van der Waals surface area contributed by atoms with Crippen LogP contribution in [0.25, 0.3) is 0 Å². The van der Waals surface area contributed by atoms with Crippen LogP contribution in [0.15, 0.2) is 48.5 Å². The van der Waals surface area contributed by atoms with Gasteiger partial charge in [0, 0.05) is 13.1 Å². The maximum absolute atomic E-state index is 12.1. The second-order valence-corrected chi connectivity index (χ2v) is 8.30. The molecule has 2 aromatic carbocycles. The third-order valence-electron chi connectivity index (χ3n) is 5.70. The topological polar surface area (TPSA) is 62.8 Å². The summed E-state index contributed by atoms with van der Waals surface area (Å²) < 4.78 is 11.9. The molecule has 30 heavy (non-hydrogen) atoms. The number of carbonyl (C=O) groups is 1. The molecule has 0 bridgehead atoms. The van der Waals surface area contributed by atoms with Gasteiger partial charge in [-0.05, 0) is 62.5 Å². The maximum Gasteiger partial charge on any atom is 0.319 e. The van der Waals surface area contributed by atoms with Gasteiger partial charge in [-0.2, -0.15) is 0 Å². The van der Waals surface area contributed by atoms with Crippen molar-refractivity contribution in [1.82, 2.24) is 10.2 Å². The van der Waals surface area contributed by atoms with Crippen molar-refractivity contribution in [2.75, 3.05) is 38.1 Å². The monoisotopic (exact) mass is 429 g/mol. The SMILES string of the molecule is O=C(NCCC1CCN(CC2COc3ccccc3O2)CC1)Nc1ccccc1Cl. The third kappa shape index (κ3) is 5.58. The molecule has 1 unspecified atom stereocenters. The summed E-state index contributed by atoms with van der Waals surface area (Å²) in [5.74, 6) is 2.30. The highest BCUT2D eigenvalue weighted by Gasteiger charge is 2.26. The predicted molar refractivity (Wildman–Crippen MR) is 119 cm³/mol. The molecule has 2 aromatic rings. The van der Waals surface area contributed by atoms with E-state index in [-0.39, 0.29) is 12.1 Å². The van der Waals surface area contributed by atoms with Crippen LogP contribution in [-0.4, -0.2) is 49.8 Å². The van der Waals surface area contributed by atoms with E-state index in [2.05, 4.69) is 15.5 Å². The molecule has 2 aliphatic heterocycles. The lowest BCUT2D eigenvalue weighted by Gasteiger charge is -2.35. The number of rotatable bonds is 6. The van der Waals surface area contributed by atoms with E-state index in [0.717, 1.165) is 50.4 Å². The normalized spacial score (nSPS) is 19.3. The van der Waals surface area contributed by atoms with E-state index < -0.39 is 0 Å². The Bertz CT molecular complexity index is 855. The summed E-state index contributed by atoms with van der Waals surface area (Å²) in [5.41, 5.74) is 0.626. The number of nitrogens with zero attached hydrogens (tertiary/aromatic N) is 1. The number of benzene rings is 2. The Labute approximate surface area is 182 Å². The molecule has 0 aliphatic carbocycles. The molecule has 1 saturated heterocycles. The lowest BCUT2D eigenvalue weighted by Crippen LogP contribution is -2.44. The number of ether oxygens (including phenoxy) is 2. The minimum atomic E-state index is -0.213. The molecule has 4 rings (SSSR count).